The van der Waals surface area contributed by atoms with Gasteiger partial charge in [-0.25, -0.2) is 15.0 Å². The van der Waals surface area contributed by atoms with E-state index in [-0.39, 0.29) is 0 Å². The van der Waals surface area contributed by atoms with Gasteiger partial charge in [0.1, 0.15) is 11.2 Å². The quantitative estimate of drug-likeness (QED) is 0.190. The van der Waals surface area contributed by atoms with Crippen LogP contribution in [0, 0.1) is 0 Å². The SMILES string of the molecule is c1ccc(-c2nc(-c3ccc4c(c3)-c3cccc5cncc-4c35)nc(-c3ccc(-c4cccc5oc6ccccc6c45)c4ccccc34)n2)cc1. The molecule has 7 aromatic carbocycles. The fraction of sp³-hybridized carbons (Fsp3) is 0. The smallest absolute Gasteiger partial charge is 0.164 e. The van der Waals surface area contributed by atoms with E-state index in [1.165, 1.54) is 22.1 Å². The lowest BCUT2D eigenvalue weighted by atomic mass is 9.92. The Hall–Kier alpha value is -6.98. The van der Waals surface area contributed by atoms with Crippen LogP contribution < -0.4 is 0 Å². The Kier molecular flexibility index (Phi) is 5.89. The van der Waals surface area contributed by atoms with Crippen molar-refractivity contribution >= 4 is 43.5 Å². The van der Waals surface area contributed by atoms with E-state index in [4.69, 9.17) is 19.4 Å². The summed E-state index contributed by atoms with van der Waals surface area (Å²) in [4.78, 5) is 19.9. The Morgan fingerprint density at radius 1 is 0.353 bits per heavy atom. The lowest BCUT2D eigenvalue weighted by Gasteiger charge is -2.14. The maximum absolute atomic E-state index is 6.26. The fourth-order valence-electron chi connectivity index (χ4n) is 7.87. The predicted octanol–water partition coefficient (Wildman–Crippen LogP) is 11.8. The number of hydrogen-bond donors (Lipinski definition) is 0. The van der Waals surface area contributed by atoms with E-state index < -0.39 is 0 Å². The molecule has 0 bridgehead atoms. The first-order chi connectivity index (χ1) is 25.3. The van der Waals surface area contributed by atoms with Crippen molar-refractivity contribution in [3.05, 3.63) is 158 Å². The summed E-state index contributed by atoms with van der Waals surface area (Å²) >= 11 is 0. The summed E-state index contributed by atoms with van der Waals surface area (Å²) in [6.45, 7) is 0. The Balaban J connectivity index is 1.12. The van der Waals surface area contributed by atoms with Crippen LogP contribution in [-0.4, -0.2) is 19.9 Å². The highest BCUT2D eigenvalue weighted by Gasteiger charge is 2.23. The zero-order chi connectivity index (χ0) is 33.5. The minimum absolute atomic E-state index is 0.628. The third kappa shape index (κ3) is 4.22. The third-order valence-corrected chi connectivity index (χ3v) is 10.2. The molecule has 1 aliphatic carbocycles. The minimum atomic E-state index is 0.628. The van der Waals surface area contributed by atoms with E-state index in [2.05, 4.69) is 102 Å². The Bertz CT molecular complexity index is 3030. The molecule has 0 amide bonds. The average Bonchev–Trinajstić information content (AvgIpc) is 3.74. The molecule has 0 saturated carbocycles. The molecule has 0 radical (unpaired) electrons. The van der Waals surface area contributed by atoms with Crippen LogP contribution in [0.1, 0.15) is 0 Å². The van der Waals surface area contributed by atoms with E-state index >= 15 is 0 Å². The van der Waals surface area contributed by atoms with E-state index in [1.807, 2.05) is 60.9 Å². The lowest BCUT2D eigenvalue weighted by molar-refractivity contribution is 0.669. The van der Waals surface area contributed by atoms with Gasteiger partial charge in [-0.2, -0.15) is 0 Å². The molecule has 236 valence electrons. The van der Waals surface area contributed by atoms with Gasteiger partial charge >= 0.3 is 0 Å². The second kappa shape index (κ2) is 10.8. The lowest BCUT2D eigenvalue weighted by Crippen LogP contribution is -2.01. The normalized spacial score (nSPS) is 11.9. The van der Waals surface area contributed by atoms with Crippen LogP contribution in [0.3, 0.4) is 0 Å². The van der Waals surface area contributed by atoms with Crippen LogP contribution in [0.25, 0.3) is 111 Å². The Morgan fingerprint density at radius 2 is 1.00 bits per heavy atom. The maximum Gasteiger partial charge on any atom is 0.164 e. The number of hydrogen-bond acceptors (Lipinski definition) is 5. The van der Waals surface area contributed by atoms with Crippen molar-refractivity contribution < 1.29 is 4.42 Å². The van der Waals surface area contributed by atoms with Gasteiger partial charge in [0.05, 0.1) is 0 Å². The number of nitrogens with zero attached hydrogens (tertiary/aromatic N) is 4. The molecule has 3 heterocycles. The van der Waals surface area contributed by atoms with Crippen molar-refractivity contribution in [2.75, 3.05) is 0 Å². The molecule has 0 atom stereocenters. The Morgan fingerprint density at radius 3 is 1.86 bits per heavy atom. The van der Waals surface area contributed by atoms with Crippen LogP contribution in [0.5, 0.6) is 0 Å². The molecule has 0 fully saturated rings. The molecule has 11 rings (SSSR count). The van der Waals surface area contributed by atoms with Gasteiger partial charge in [0.15, 0.2) is 17.5 Å². The van der Waals surface area contributed by atoms with Crippen molar-refractivity contribution in [3.63, 3.8) is 0 Å². The van der Waals surface area contributed by atoms with Crippen LogP contribution in [-0.2, 0) is 0 Å². The van der Waals surface area contributed by atoms with E-state index in [0.29, 0.717) is 17.5 Å². The number of fused-ring (bicyclic) bond motifs is 7. The summed E-state index contributed by atoms with van der Waals surface area (Å²) in [5, 5.41) is 6.80. The van der Waals surface area contributed by atoms with Gasteiger partial charge in [-0.1, -0.05) is 121 Å². The molecular formula is C46H26N4O. The highest BCUT2D eigenvalue weighted by Crippen LogP contribution is 2.48. The summed E-state index contributed by atoms with van der Waals surface area (Å²) in [6.07, 6.45) is 3.91. The zero-order valence-corrected chi connectivity index (χ0v) is 27.2. The van der Waals surface area contributed by atoms with Crippen molar-refractivity contribution in [1.29, 1.82) is 0 Å². The number of pyridine rings is 1. The van der Waals surface area contributed by atoms with E-state index in [9.17, 15) is 0 Å². The summed E-state index contributed by atoms with van der Waals surface area (Å²) in [5.41, 5.74) is 11.6. The number of para-hydroxylation sites is 1. The average molecular weight is 651 g/mol. The fourth-order valence-corrected chi connectivity index (χ4v) is 7.87. The highest BCUT2D eigenvalue weighted by molar-refractivity contribution is 6.17. The summed E-state index contributed by atoms with van der Waals surface area (Å²) in [5.74, 6) is 1.89. The number of furan rings is 1. The van der Waals surface area contributed by atoms with E-state index in [1.54, 1.807) is 0 Å². The van der Waals surface area contributed by atoms with Crippen LogP contribution in [0.4, 0.5) is 0 Å². The van der Waals surface area contributed by atoms with Crippen molar-refractivity contribution in [2.24, 2.45) is 0 Å². The molecule has 51 heavy (non-hydrogen) atoms. The Labute approximate surface area is 292 Å². The molecule has 10 aromatic rings. The van der Waals surface area contributed by atoms with Crippen molar-refractivity contribution in [2.45, 2.75) is 0 Å². The minimum Gasteiger partial charge on any atom is -0.456 e. The van der Waals surface area contributed by atoms with Gasteiger partial charge in [0.2, 0.25) is 0 Å². The molecule has 0 unspecified atom stereocenters. The first-order valence-electron chi connectivity index (χ1n) is 17.0. The summed E-state index contributed by atoms with van der Waals surface area (Å²) in [7, 11) is 0. The van der Waals surface area contributed by atoms with E-state index in [0.717, 1.165) is 71.5 Å². The molecule has 0 N–H and O–H groups in total. The van der Waals surface area contributed by atoms with Gasteiger partial charge in [-0.05, 0) is 62.9 Å². The number of benzene rings is 7. The second-order valence-electron chi connectivity index (χ2n) is 13.0. The first kappa shape index (κ1) is 27.9. The standard InChI is InChI=1S/C46H26N4O/c1-2-10-27(11-3-1)44-48-45(28-20-21-33-38(24-28)35-16-8-12-29-25-47-26-39(33)42(29)35)50-46(49-44)36-23-22-32(30-13-4-5-14-31(30)36)34-17-9-19-41-43(34)37-15-6-7-18-40(37)51-41/h1-26H. The predicted molar refractivity (Wildman–Crippen MR) is 206 cm³/mol. The summed E-state index contributed by atoms with van der Waals surface area (Å²) in [6, 6.07) is 50.5. The topological polar surface area (TPSA) is 64.7 Å². The van der Waals surface area contributed by atoms with Gasteiger partial charge in [0, 0.05) is 56.2 Å². The number of rotatable bonds is 4. The van der Waals surface area contributed by atoms with Crippen molar-refractivity contribution in [3.8, 4) is 67.5 Å². The summed E-state index contributed by atoms with van der Waals surface area (Å²) < 4.78 is 6.26. The third-order valence-electron chi connectivity index (χ3n) is 10.2. The molecule has 1 aliphatic rings. The van der Waals surface area contributed by atoms with Gasteiger partial charge in [-0.15, -0.1) is 0 Å². The second-order valence-corrected chi connectivity index (χ2v) is 13.0. The monoisotopic (exact) mass is 650 g/mol. The molecule has 5 heteroatoms. The van der Waals surface area contributed by atoms with Gasteiger partial charge in [0.25, 0.3) is 0 Å². The van der Waals surface area contributed by atoms with Crippen LogP contribution in [0.2, 0.25) is 0 Å². The molecule has 0 aliphatic heterocycles. The van der Waals surface area contributed by atoms with Crippen LogP contribution >= 0.6 is 0 Å². The number of aromatic nitrogens is 4. The highest BCUT2D eigenvalue weighted by atomic mass is 16.3. The molecule has 3 aromatic heterocycles. The van der Waals surface area contributed by atoms with Crippen LogP contribution in [0.15, 0.2) is 162 Å². The molecule has 5 nitrogen and oxygen atoms in total. The van der Waals surface area contributed by atoms with Crippen molar-refractivity contribution in [1.82, 2.24) is 19.9 Å². The largest absolute Gasteiger partial charge is 0.456 e. The van der Waals surface area contributed by atoms with Gasteiger partial charge < -0.3 is 4.42 Å². The molecular weight excluding hydrogens is 625 g/mol. The molecule has 0 saturated heterocycles. The van der Waals surface area contributed by atoms with Gasteiger partial charge in [-0.3, -0.25) is 4.98 Å². The first-order valence-corrected chi connectivity index (χ1v) is 17.0. The zero-order valence-electron chi connectivity index (χ0n) is 27.2. The molecule has 0 spiro atoms. The maximum atomic E-state index is 6.26.